The van der Waals surface area contributed by atoms with Crippen molar-refractivity contribution in [2.45, 2.75) is 161 Å². The van der Waals surface area contributed by atoms with Gasteiger partial charge in [-0.15, -0.1) is 0 Å². The average Bonchev–Trinajstić information content (AvgIpc) is 3.19. The first kappa shape index (κ1) is 51.3. The van der Waals surface area contributed by atoms with Crippen molar-refractivity contribution in [3.05, 3.63) is 146 Å². The number of rotatable bonds is 36. The summed E-state index contributed by atoms with van der Waals surface area (Å²) >= 11 is 0. The molecule has 0 saturated heterocycles. The number of hydrogen-bond acceptors (Lipinski definition) is 3. The number of amides is 1. The van der Waals surface area contributed by atoms with Crippen LogP contribution in [-0.4, -0.2) is 34.9 Å². The number of aliphatic hydroxyl groups is 2. The van der Waals surface area contributed by atoms with Crippen LogP contribution in [0.4, 0.5) is 0 Å². The van der Waals surface area contributed by atoms with E-state index in [-0.39, 0.29) is 12.5 Å². The van der Waals surface area contributed by atoms with Crippen LogP contribution < -0.4 is 5.32 Å². The maximum Gasteiger partial charge on any atom is 0.220 e. The lowest BCUT2D eigenvalue weighted by molar-refractivity contribution is -0.123. The fraction of sp³-hybridized carbons (Fsp3) is 0.510. The number of aliphatic hydroxyl groups excluding tert-OH is 2. The van der Waals surface area contributed by atoms with E-state index in [1.165, 1.54) is 12.8 Å². The van der Waals surface area contributed by atoms with Gasteiger partial charge >= 0.3 is 0 Å². The van der Waals surface area contributed by atoms with Crippen LogP contribution in [0, 0.1) is 0 Å². The van der Waals surface area contributed by atoms with Crippen molar-refractivity contribution in [1.29, 1.82) is 0 Å². The number of carbonyl (C=O) groups excluding carboxylic acids is 1. The third-order valence-corrected chi connectivity index (χ3v) is 8.58. The van der Waals surface area contributed by atoms with Gasteiger partial charge in [-0.3, -0.25) is 4.79 Å². The van der Waals surface area contributed by atoms with Gasteiger partial charge in [-0.25, -0.2) is 0 Å². The molecule has 0 rings (SSSR count). The van der Waals surface area contributed by atoms with Crippen LogP contribution in [-0.2, 0) is 4.79 Å². The van der Waals surface area contributed by atoms with Crippen molar-refractivity contribution in [3.63, 3.8) is 0 Å². The quantitative estimate of drug-likeness (QED) is 0.0441. The van der Waals surface area contributed by atoms with Gasteiger partial charge in [0.15, 0.2) is 0 Å². The first-order valence-corrected chi connectivity index (χ1v) is 21.5. The number of allylic oxidation sites excluding steroid dienone is 23. The number of unbranched alkanes of at least 4 members (excludes halogenated alkanes) is 7. The molecule has 0 spiro atoms. The minimum Gasteiger partial charge on any atom is -0.394 e. The molecule has 0 aliphatic carbocycles. The van der Waals surface area contributed by atoms with Crippen LogP contribution >= 0.6 is 0 Å². The van der Waals surface area contributed by atoms with E-state index in [4.69, 9.17) is 0 Å². The lowest BCUT2D eigenvalue weighted by Gasteiger charge is -2.19. The molecule has 55 heavy (non-hydrogen) atoms. The van der Waals surface area contributed by atoms with Gasteiger partial charge in [0.05, 0.1) is 18.8 Å². The van der Waals surface area contributed by atoms with Gasteiger partial charge < -0.3 is 15.5 Å². The summed E-state index contributed by atoms with van der Waals surface area (Å²) in [5.41, 5.74) is 0. The Balaban J connectivity index is 3.68. The number of hydrogen-bond donors (Lipinski definition) is 3. The van der Waals surface area contributed by atoms with Crippen LogP contribution in [0.2, 0.25) is 0 Å². The van der Waals surface area contributed by atoms with Crippen molar-refractivity contribution in [2.75, 3.05) is 6.61 Å². The highest BCUT2D eigenvalue weighted by atomic mass is 16.3. The van der Waals surface area contributed by atoms with Crippen LogP contribution in [0.3, 0.4) is 0 Å². The van der Waals surface area contributed by atoms with Crippen LogP contribution in [0.5, 0.6) is 0 Å². The molecular formula is C51H79NO3. The summed E-state index contributed by atoms with van der Waals surface area (Å²) in [4.78, 5) is 12.2. The second-order valence-corrected chi connectivity index (χ2v) is 13.7. The maximum atomic E-state index is 12.2. The van der Waals surface area contributed by atoms with Crippen molar-refractivity contribution in [3.8, 4) is 0 Å². The van der Waals surface area contributed by atoms with E-state index in [0.717, 1.165) is 116 Å². The van der Waals surface area contributed by atoms with Gasteiger partial charge in [0, 0.05) is 6.42 Å². The van der Waals surface area contributed by atoms with Crippen molar-refractivity contribution in [2.24, 2.45) is 0 Å². The van der Waals surface area contributed by atoms with Gasteiger partial charge in [0.1, 0.15) is 0 Å². The zero-order valence-corrected chi connectivity index (χ0v) is 34.9. The minimum atomic E-state index is -0.853. The fourth-order valence-electron chi connectivity index (χ4n) is 5.28. The highest BCUT2D eigenvalue weighted by Gasteiger charge is 2.17. The third kappa shape index (κ3) is 41.3. The van der Waals surface area contributed by atoms with Crippen LogP contribution in [0.25, 0.3) is 0 Å². The molecule has 0 aromatic heterocycles. The lowest BCUT2D eigenvalue weighted by atomic mass is 10.1. The SMILES string of the molecule is CC/C=C\C/C=C\C/C=C\C/C=C\C/C=C\C/C=C\C/C=C\C/C=C\C/C=C\C/C=C\C/C=C\CCCCCCCC(=O)NC(CO)C(O)/C=C/CCCC. The molecule has 4 nitrogen and oxygen atoms in total. The van der Waals surface area contributed by atoms with Gasteiger partial charge in [-0.1, -0.05) is 192 Å². The van der Waals surface area contributed by atoms with Gasteiger partial charge in [0.2, 0.25) is 5.91 Å². The largest absolute Gasteiger partial charge is 0.394 e. The van der Waals surface area contributed by atoms with Crippen molar-refractivity contribution < 1.29 is 15.0 Å². The summed E-state index contributed by atoms with van der Waals surface area (Å²) in [6.07, 6.45) is 72.9. The van der Waals surface area contributed by atoms with Gasteiger partial charge in [-0.2, -0.15) is 0 Å². The first-order chi connectivity index (χ1) is 27.2. The van der Waals surface area contributed by atoms with E-state index in [1.54, 1.807) is 6.08 Å². The Morgan fingerprint density at radius 2 is 0.800 bits per heavy atom. The Morgan fingerprint density at radius 1 is 0.455 bits per heavy atom. The smallest absolute Gasteiger partial charge is 0.220 e. The Hall–Kier alpha value is -3.73. The van der Waals surface area contributed by atoms with Crippen molar-refractivity contribution >= 4 is 5.91 Å². The Labute approximate surface area is 338 Å². The Morgan fingerprint density at radius 3 is 1.18 bits per heavy atom. The van der Waals surface area contributed by atoms with Crippen LogP contribution in [0.15, 0.2) is 146 Å². The third-order valence-electron chi connectivity index (χ3n) is 8.58. The molecule has 0 aliphatic rings. The van der Waals surface area contributed by atoms with Gasteiger partial charge in [0.25, 0.3) is 0 Å². The predicted octanol–water partition coefficient (Wildman–Crippen LogP) is 13.7. The topological polar surface area (TPSA) is 69.6 Å². The zero-order valence-electron chi connectivity index (χ0n) is 34.9. The Bertz CT molecular complexity index is 1220. The van der Waals surface area contributed by atoms with E-state index < -0.39 is 12.1 Å². The summed E-state index contributed by atoms with van der Waals surface area (Å²) in [6.45, 7) is 4.01. The van der Waals surface area contributed by atoms with E-state index in [2.05, 4.69) is 153 Å². The number of nitrogens with one attached hydrogen (secondary N) is 1. The van der Waals surface area contributed by atoms with E-state index in [9.17, 15) is 15.0 Å². The maximum absolute atomic E-state index is 12.2. The van der Waals surface area contributed by atoms with Crippen molar-refractivity contribution in [1.82, 2.24) is 5.32 Å². The molecule has 0 bridgehead atoms. The van der Waals surface area contributed by atoms with Gasteiger partial charge in [-0.05, 0) is 96.3 Å². The normalized spacial score (nSPS) is 14.5. The zero-order chi connectivity index (χ0) is 40.0. The minimum absolute atomic E-state index is 0.101. The molecule has 0 radical (unpaired) electrons. The molecule has 0 fully saturated rings. The second kappa shape index (κ2) is 44.7. The molecule has 0 saturated carbocycles. The molecule has 2 atom stereocenters. The Kier molecular flexibility index (Phi) is 41.6. The molecule has 4 heteroatoms. The summed E-state index contributed by atoms with van der Waals surface area (Å²) < 4.78 is 0. The predicted molar refractivity (Wildman–Crippen MR) is 243 cm³/mol. The summed E-state index contributed by atoms with van der Waals surface area (Å²) in [5, 5.41) is 22.5. The second-order valence-electron chi connectivity index (χ2n) is 13.7. The average molecular weight is 754 g/mol. The molecule has 0 aliphatic heterocycles. The van der Waals surface area contributed by atoms with E-state index in [1.807, 2.05) is 6.08 Å². The standard InChI is InChI=1S/C51H79NO3/c1-3-5-7-9-10-11-12-13-14-15-16-17-18-19-20-21-22-23-24-25-26-27-28-29-30-31-32-33-34-35-36-37-38-39-40-41-42-43-45-47-51(55)52-49(48-53)50(54)46-44-8-6-4-2/h5,7,10-11,13-14,16-17,19-20,22-23,25-26,28-29,31-32,34-35,37-38,44,46,49-50,53-54H,3-4,6,8-9,12,15,18,21,24,27,30,33,36,39-43,45,47-48H2,1-2H3,(H,52,55)/b7-5-,11-10-,14-13-,17-16-,20-19-,23-22-,26-25-,29-28-,32-31-,35-34-,38-37-,46-44+. The molecule has 0 aromatic carbocycles. The highest BCUT2D eigenvalue weighted by Crippen LogP contribution is 2.09. The van der Waals surface area contributed by atoms with E-state index in [0.29, 0.717) is 6.42 Å². The lowest BCUT2D eigenvalue weighted by Crippen LogP contribution is -2.45. The molecule has 1 amide bonds. The molecule has 2 unspecified atom stereocenters. The summed E-state index contributed by atoms with van der Waals surface area (Å²) in [6, 6.07) is -0.638. The number of carbonyl (C=O) groups is 1. The first-order valence-electron chi connectivity index (χ1n) is 21.5. The summed E-state index contributed by atoms with van der Waals surface area (Å²) in [5.74, 6) is -0.101. The molecule has 3 N–H and O–H groups in total. The molecular weight excluding hydrogens is 675 g/mol. The molecule has 0 heterocycles. The molecule has 0 aromatic rings. The monoisotopic (exact) mass is 754 g/mol. The molecule has 306 valence electrons. The van der Waals surface area contributed by atoms with E-state index >= 15 is 0 Å². The van der Waals surface area contributed by atoms with Crippen LogP contribution in [0.1, 0.15) is 149 Å². The fourth-order valence-corrected chi connectivity index (χ4v) is 5.28. The highest BCUT2D eigenvalue weighted by molar-refractivity contribution is 5.76. The summed E-state index contributed by atoms with van der Waals surface area (Å²) in [7, 11) is 0.